The summed E-state index contributed by atoms with van der Waals surface area (Å²) in [4.78, 5) is 16.1. The molecule has 3 aromatic rings. The number of nitrogens with zero attached hydrogens (tertiary/aromatic N) is 3. The van der Waals surface area contributed by atoms with Crippen LogP contribution in [0.5, 0.6) is 0 Å². The third kappa shape index (κ3) is 3.90. The van der Waals surface area contributed by atoms with E-state index in [0.717, 1.165) is 20.7 Å². The summed E-state index contributed by atoms with van der Waals surface area (Å²) in [6.07, 6.45) is -4.80. The average molecular weight is 370 g/mol. The summed E-state index contributed by atoms with van der Waals surface area (Å²) in [7, 11) is 0. The van der Waals surface area contributed by atoms with E-state index >= 15 is 0 Å². The van der Waals surface area contributed by atoms with Crippen molar-refractivity contribution in [2.24, 2.45) is 0 Å². The molecule has 2 heterocycles. The van der Waals surface area contributed by atoms with Crippen LogP contribution < -0.4 is 5.32 Å². The minimum Gasteiger partial charge on any atom is -0.449 e. The monoisotopic (exact) mass is 370 g/mol. The van der Waals surface area contributed by atoms with Gasteiger partial charge in [-0.05, 0) is 19.1 Å². The highest BCUT2D eigenvalue weighted by molar-refractivity contribution is 7.17. The number of hydrogen-bond acceptors (Lipinski definition) is 5. The molecule has 3 rings (SSSR count). The van der Waals surface area contributed by atoms with Crippen molar-refractivity contribution >= 4 is 28.1 Å². The molecule has 132 valence electrons. The number of para-hydroxylation sites is 1. The van der Waals surface area contributed by atoms with Crippen molar-refractivity contribution in [3.63, 3.8) is 0 Å². The lowest BCUT2D eigenvalue weighted by Gasteiger charge is -2.06. The van der Waals surface area contributed by atoms with Gasteiger partial charge in [0, 0.05) is 17.0 Å². The highest BCUT2D eigenvalue weighted by Gasteiger charge is 2.37. The molecule has 1 N–H and O–H groups in total. The number of anilines is 1. The van der Waals surface area contributed by atoms with Crippen LogP contribution in [0.25, 0.3) is 4.96 Å². The van der Waals surface area contributed by atoms with Gasteiger partial charge in [-0.3, -0.25) is 5.32 Å². The average Bonchev–Trinajstić information content (AvgIpc) is 3.09. The summed E-state index contributed by atoms with van der Waals surface area (Å²) < 4.78 is 44.1. The normalized spacial score (nSPS) is 11.7. The lowest BCUT2D eigenvalue weighted by Crippen LogP contribution is -2.15. The van der Waals surface area contributed by atoms with E-state index in [2.05, 4.69) is 15.4 Å². The van der Waals surface area contributed by atoms with Gasteiger partial charge in [-0.1, -0.05) is 29.5 Å². The smallest absolute Gasteiger partial charge is 0.449 e. The Labute approximate surface area is 144 Å². The van der Waals surface area contributed by atoms with Crippen LogP contribution >= 0.6 is 11.3 Å². The minimum absolute atomic E-state index is 0.0926. The van der Waals surface area contributed by atoms with E-state index in [9.17, 15) is 18.0 Å². The van der Waals surface area contributed by atoms with Crippen molar-refractivity contribution in [2.75, 3.05) is 11.9 Å². The lowest BCUT2D eigenvalue weighted by atomic mass is 10.3. The molecule has 0 radical (unpaired) electrons. The van der Waals surface area contributed by atoms with E-state index in [1.807, 2.05) is 6.07 Å². The molecular weight excluding hydrogens is 357 g/mol. The van der Waals surface area contributed by atoms with Gasteiger partial charge in [-0.2, -0.15) is 18.2 Å². The summed E-state index contributed by atoms with van der Waals surface area (Å²) in [5, 5.41) is 6.05. The molecule has 6 nitrogen and oxygen atoms in total. The minimum atomic E-state index is -4.57. The van der Waals surface area contributed by atoms with Crippen LogP contribution in [0, 0.1) is 6.92 Å². The molecule has 1 aromatic carbocycles. The highest BCUT2D eigenvalue weighted by atomic mass is 32.1. The maximum atomic E-state index is 12.6. The van der Waals surface area contributed by atoms with Crippen LogP contribution in [0.2, 0.25) is 0 Å². The van der Waals surface area contributed by atoms with Crippen molar-refractivity contribution in [1.82, 2.24) is 14.6 Å². The Bertz CT molecular complexity index is 889. The SMILES string of the molecule is Cc1c(CCOC(=O)Nc2ccccc2)sc2nc(C(F)(F)F)nn12. The first-order chi connectivity index (χ1) is 11.8. The van der Waals surface area contributed by atoms with Gasteiger partial charge in [-0.25, -0.2) is 9.31 Å². The number of thiazole rings is 1. The predicted molar refractivity (Wildman–Crippen MR) is 85.7 cm³/mol. The van der Waals surface area contributed by atoms with Gasteiger partial charge in [-0.15, -0.1) is 5.10 Å². The fourth-order valence-electron chi connectivity index (χ4n) is 2.15. The molecule has 10 heteroatoms. The molecule has 0 aliphatic rings. The standard InChI is InChI=1S/C15H13F3N4O2S/c1-9-11(25-13-20-12(15(16,17)18)21-22(9)13)7-8-24-14(23)19-10-5-3-2-4-6-10/h2-6H,7-8H2,1H3,(H,19,23). The van der Waals surface area contributed by atoms with E-state index in [4.69, 9.17) is 4.74 Å². The number of aryl methyl sites for hydroxylation is 1. The second-order valence-electron chi connectivity index (χ2n) is 5.12. The first-order valence-electron chi connectivity index (χ1n) is 7.25. The summed E-state index contributed by atoms with van der Waals surface area (Å²) in [6.45, 7) is 1.74. The van der Waals surface area contributed by atoms with Crippen LogP contribution in [0.4, 0.5) is 23.7 Å². The summed E-state index contributed by atoms with van der Waals surface area (Å²) in [5.41, 5.74) is 1.16. The van der Waals surface area contributed by atoms with Crippen LogP contribution in [0.3, 0.4) is 0 Å². The second kappa shape index (κ2) is 6.71. The maximum absolute atomic E-state index is 12.6. The van der Waals surface area contributed by atoms with Crippen molar-refractivity contribution in [2.45, 2.75) is 19.5 Å². The number of fused-ring (bicyclic) bond motifs is 1. The molecule has 0 atom stereocenters. The fraction of sp³-hybridized carbons (Fsp3) is 0.267. The van der Waals surface area contributed by atoms with E-state index in [1.54, 1.807) is 31.2 Å². The number of hydrogen-bond donors (Lipinski definition) is 1. The van der Waals surface area contributed by atoms with Gasteiger partial charge >= 0.3 is 12.3 Å². The topological polar surface area (TPSA) is 68.5 Å². The summed E-state index contributed by atoms with van der Waals surface area (Å²) in [5.74, 6) is -1.16. The van der Waals surface area contributed by atoms with E-state index in [1.165, 1.54) is 0 Å². The van der Waals surface area contributed by atoms with Crippen LogP contribution in [0.1, 0.15) is 16.4 Å². The largest absolute Gasteiger partial charge is 0.453 e. The first-order valence-corrected chi connectivity index (χ1v) is 8.07. The third-order valence-electron chi connectivity index (χ3n) is 3.35. The molecule has 2 aromatic heterocycles. The zero-order valence-electron chi connectivity index (χ0n) is 13.0. The number of amides is 1. The zero-order valence-corrected chi connectivity index (χ0v) is 13.8. The Hall–Kier alpha value is -2.62. The second-order valence-corrected chi connectivity index (χ2v) is 6.18. The van der Waals surface area contributed by atoms with E-state index < -0.39 is 18.1 Å². The van der Waals surface area contributed by atoms with Crippen LogP contribution in [0.15, 0.2) is 30.3 Å². The Balaban J connectivity index is 1.59. The molecule has 0 spiro atoms. The Morgan fingerprint density at radius 2 is 2.04 bits per heavy atom. The number of alkyl halides is 3. The van der Waals surface area contributed by atoms with Gasteiger partial charge < -0.3 is 4.74 Å². The molecule has 0 saturated carbocycles. The third-order valence-corrected chi connectivity index (χ3v) is 4.54. The number of rotatable bonds is 4. The molecule has 0 saturated heterocycles. The number of benzene rings is 1. The van der Waals surface area contributed by atoms with Crippen LogP contribution in [-0.2, 0) is 17.3 Å². The predicted octanol–water partition coefficient (Wildman–Crippen LogP) is 3.91. The molecule has 0 bridgehead atoms. The lowest BCUT2D eigenvalue weighted by molar-refractivity contribution is -0.144. The summed E-state index contributed by atoms with van der Waals surface area (Å²) >= 11 is 1.09. The molecule has 0 unspecified atom stereocenters. The molecule has 1 amide bonds. The van der Waals surface area contributed by atoms with Gasteiger partial charge in [0.1, 0.15) is 0 Å². The maximum Gasteiger partial charge on any atom is 0.453 e. The van der Waals surface area contributed by atoms with Crippen molar-refractivity contribution in [1.29, 1.82) is 0 Å². The Morgan fingerprint density at radius 3 is 2.68 bits per heavy atom. The number of ether oxygens (including phenoxy) is 1. The molecule has 25 heavy (non-hydrogen) atoms. The zero-order chi connectivity index (χ0) is 18.0. The number of nitrogens with one attached hydrogen (secondary N) is 1. The van der Waals surface area contributed by atoms with Gasteiger partial charge in [0.05, 0.1) is 12.3 Å². The van der Waals surface area contributed by atoms with Gasteiger partial charge in [0.25, 0.3) is 5.82 Å². The number of carbonyl (C=O) groups excluding carboxylic acids is 1. The van der Waals surface area contributed by atoms with Crippen molar-refractivity contribution in [3.8, 4) is 0 Å². The van der Waals surface area contributed by atoms with Crippen molar-refractivity contribution in [3.05, 3.63) is 46.7 Å². The quantitative estimate of drug-likeness (QED) is 0.756. The summed E-state index contributed by atoms with van der Waals surface area (Å²) in [6, 6.07) is 8.84. The van der Waals surface area contributed by atoms with Gasteiger partial charge in [0.15, 0.2) is 0 Å². The Morgan fingerprint density at radius 1 is 1.32 bits per heavy atom. The Kier molecular flexibility index (Phi) is 4.62. The first kappa shape index (κ1) is 17.2. The van der Waals surface area contributed by atoms with Gasteiger partial charge in [0.2, 0.25) is 4.96 Å². The fourth-order valence-corrected chi connectivity index (χ4v) is 3.18. The van der Waals surface area contributed by atoms with E-state index in [0.29, 0.717) is 17.8 Å². The molecular formula is C15H13F3N4O2S. The van der Waals surface area contributed by atoms with E-state index in [-0.39, 0.29) is 11.6 Å². The number of carbonyl (C=O) groups is 1. The molecule has 0 aliphatic carbocycles. The molecule has 0 fully saturated rings. The number of aromatic nitrogens is 3. The molecule has 0 aliphatic heterocycles. The van der Waals surface area contributed by atoms with Crippen molar-refractivity contribution < 1.29 is 22.7 Å². The highest BCUT2D eigenvalue weighted by Crippen LogP contribution is 2.29. The van der Waals surface area contributed by atoms with Crippen LogP contribution in [-0.4, -0.2) is 27.3 Å². The number of halogens is 3.